The number of hydrogen-bond donors (Lipinski definition) is 1. The molecule has 2 heterocycles. The van der Waals surface area contributed by atoms with Gasteiger partial charge in [-0.2, -0.15) is 5.10 Å². The first kappa shape index (κ1) is 15.7. The zero-order valence-electron chi connectivity index (χ0n) is 14.2. The highest BCUT2D eigenvalue weighted by Gasteiger charge is 2.23. The van der Waals surface area contributed by atoms with Gasteiger partial charge in [-0.25, -0.2) is 9.67 Å². The van der Waals surface area contributed by atoms with Crippen LogP contribution in [0, 0.1) is 12.8 Å². The Morgan fingerprint density at radius 2 is 2.04 bits per heavy atom. The number of furan rings is 1. The fourth-order valence-electron chi connectivity index (χ4n) is 3.01. The molecule has 23 heavy (non-hydrogen) atoms. The van der Waals surface area contributed by atoms with Crippen molar-refractivity contribution in [2.75, 3.05) is 0 Å². The minimum absolute atomic E-state index is 0.143. The maximum atomic E-state index is 6.14. The van der Waals surface area contributed by atoms with Crippen molar-refractivity contribution in [1.29, 1.82) is 0 Å². The fourth-order valence-corrected chi connectivity index (χ4v) is 3.01. The molecular formula is C18H24N4O. The van der Waals surface area contributed by atoms with Gasteiger partial charge in [-0.15, -0.1) is 0 Å². The quantitative estimate of drug-likeness (QED) is 0.751. The minimum Gasteiger partial charge on any atom is -0.459 e. The fraction of sp³-hybridized carbons (Fsp3) is 0.444. The van der Waals surface area contributed by atoms with Gasteiger partial charge in [-0.1, -0.05) is 32.0 Å². The van der Waals surface area contributed by atoms with Crippen LogP contribution in [0.4, 0.5) is 0 Å². The van der Waals surface area contributed by atoms with E-state index in [9.17, 15) is 0 Å². The Labute approximate surface area is 136 Å². The molecule has 1 N–H and O–H groups in total. The number of fused-ring (bicyclic) bond motifs is 1. The van der Waals surface area contributed by atoms with Gasteiger partial charge in [0.25, 0.3) is 0 Å². The van der Waals surface area contributed by atoms with E-state index in [0.717, 1.165) is 23.7 Å². The van der Waals surface area contributed by atoms with Crippen molar-refractivity contribution in [3.05, 3.63) is 47.7 Å². The molecule has 0 spiro atoms. The van der Waals surface area contributed by atoms with Gasteiger partial charge in [0, 0.05) is 11.9 Å². The first-order valence-corrected chi connectivity index (χ1v) is 8.20. The van der Waals surface area contributed by atoms with Crippen LogP contribution in [0.15, 0.2) is 35.0 Å². The van der Waals surface area contributed by atoms with E-state index in [1.165, 1.54) is 10.9 Å². The zero-order chi connectivity index (χ0) is 16.4. The Hall–Kier alpha value is -2.14. The molecule has 122 valence electrons. The molecular weight excluding hydrogens is 288 g/mol. The average Bonchev–Trinajstić information content (AvgIpc) is 3.13. The number of nitrogens with zero attached hydrogens (tertiary/aromatic N) is 3. The first-order chi connectivity index (χ1) is 11.1. The van der Waals surface area contributed by atoms with E-state index in [-0.39, 0.29) is 6.04 Å². The Balaban J connectivity index is 1.87. The van der Waals surface area contributed by atoms with E-state index in [0.29, 0.717) is 12.5 Å². The molecule has 0 amide bonds. The summed E-state index contributed by atoms with van der Waals surface area (Å²) in [7, 11) is 0. The average molecular weight is 312 g/mol. The third-order valence-corrected chi connectivity index (χ3v) is 4.31. The van der Waals surface area contributed by atoms with Crippen molar-refractivity contribution < 1.29 is 4.42 Å². The van der Waals surface area contributed by atoms with Gasteiger partial charge in [0.15, 0.2) is 0 Å². The molecule has 2 aromatic heterocycles. The maximum Gasteiger partial charge on any atom is 0.140 e. The highest BCUT2D eigenvalue weighted by atomic mass is 16.3. The van der Waals surface area contributed by atoms with Gasteiger partial charge >= 0.3 is 0 Å². The molecule has 0 aliphatic carbocycles. The summed E-state index contributed by atoms with van der Waals surface area (Å²) < 4.78 is 8.06. The summed E-state index contributed by atoms with van der Waals surface area (Å²) >= 11 is 0. The molecule has 3 aromatic rings. The maximum absolute atomic E-state index is 6.14. The lowest BCUT2D eigenvalue weighted by Gasteiger charge is -2.21. The molecule has 0 aliphatic rings. The second kappa shape index (κ2) is 6.54. The third-order valence-electron chi connectivity index (χ3n) is 4.31. The normalized spacial score (nSPS) is 13.1. The van der Waals surface area contributed by atoms with E-state index in [1.54, 1.807) is 6.33 Å². The SMILES string of the molecule is CCn1ncnc1CNC(c1oc2ccccc2c1C)C(C)C. The van der Waals surface area contributed by atoms with Gasteiger partial charge in [-0.3, -0.25) is 0 Å². The minimum atomic E-state index is 0.143. The second-order valence-electron chi connectivity index (χ2n) is 6.18. The van der Waals surface area contributed by atoms with Gasteiger partial charge in [0.05, 0.1) is 12.6 Å². The summed E-state index contributed by atoms with van der Waals surface area (Å²) in [5.74, 6) is 2.38. The third kappa shape index (κ3) is 3.01. The van der Waals surface area contributed by atoms with Crippen LogP contribution in [0.25, 0.3) is 11.0 Å². The van der Waals surface area contributed by atoms with Gasteiger partial charge < -0.3 is 9.73 Å². The lowest BCUT2D eigenvalue weighted by Crippen LogP contribution is -2.27. The summed E-state index contributed by atoms with van der Waals surface area (Å²) in [6.45, 7) is 10.1. The number of rotatable bonds is 6. The molecule has 1 aromatic carbocycles. The molecule has 0 bridgehead atoms. The molecule has 3 rings (SSSR count). The Bertz CT molecular complexity index is 787. The van der Waals surface area contributed by atoms with Crippen LogP contribution in [0.5, 0.6) is 0 Å². The smallest absolute Gasteiger partial charge is 0.140 e. The standard InChI is InChI=1S/C18H24N4O/c1-5-22-16(20-11-21-22)10-19-17(12(2)3)18-13(4)14-8-6-7-9-15(14)23-18/h6-9,11-12,17,19H,5,10H2,1-4H3. The van der Waals surface area contributed by atoms with Crippen LogP contribution in [-0.4, -0.2) is 14.8 Å². The van der Waals surface area contributed by atoms with Gasteiger partial charge in [-0.05, 0) is 31.4 Å². The van der Waals surface area contributed by atoms with E-state index >= 15 is 0 Å². The van der Waals surface area contributed by atoms with Crippen LogP contribution in [0.2, 0.25) is 0 Å². The predicted molar refractivity (Wildman–Crippen MR) is 91.1 cm³/mol. The van der Waals surface area contributed by atoms with Crippen molar-refractivity contribution in [1.82, 2.24) is 20.1 Å². The summed E-state index contributed by atoms with van der Waals surface area (Å²) in [4.78, 5) is 4.34. The molecule has 5 nitrogen and oxygen atoms in total. The predicted octanol–water partition coefficient (Wildman–Crippen LogP) is 3.84. The number of benzene rings is 1. The molecule has 0 radical (unpaired) electrons. The monoisotopic (exact) mass is 312 g/mol. The number of hydrogen-bond acceptors (Lipinski definition) is 4. The molecule has 5 heteroatoms. The highest BCUT2D eigenvalue weighted by molar-refractivity contribution is 5.82. The Morgan fingerprint density at radius 1 is 1.26 bits per heavy atom. The van der Waals surface area contributed by atoms with Crippen molar-refractivity contribution in [3.63, 3.8) is 0 Å². The summed E-state index contributed by atoms with van der Waals surface area (Å²) in [5.41, 5.74) is 2.16. The van der Waals surface area contributed by atoms with Crippen molar-refractivity contribution in [2.45, 2.75) is 46.8 Å². The van der Waals surface area contributed by atoms with E-state index in [2.05, 4.69) is 55.2 Å². The van der Waals surface area contributed by atoms with Crippen molar-refractivity contribution in [3.8, 4) is 0 Å². The summed E-state index contributed by atoms with van der Waals surface area (Å²) in [6, 6.07) is 8.34. The van der Waals surface area contributed by atoms with Crippen LogP contribution in [0.1, 0.15) is 44.0 Å². The van der Waals surface area contributed by atoms with Crippen LogP contribution in [0.3, 0.4) is 0 Å². The lowest BCUT2D eigenvalue weighted by atomic mass is 9.98. The van der Waals surface area contributed by atoms with Gasteiger partial charge in [0.2, 0.25) is 0 Å². The summed E-state index contributed by atoms with van der Waals surface area (Å²) in [5, 5.41) is 9.01. The molecule has 1 unspecified atom stereocenters. The van der Waals surface area contributed by atoms with E-state index in [4.69, 9.17) is 4.42 Å². The lowest BCUT2D eigenvalue weighted by molar-refractivity contribution is 0.341. The largest absolute Gasteiger partial charge is 0.459 e. The van der Waals surface area contributed by atoms with Crippen LogP contribution >= 0.6 is 0 Å². The second-order valence-corrected chi connectivity index (χ2v) is 6.18. The Kier molecular flexibility index (Phi) is 4.48. The van der Waals surface area contributed by atoms with Crippen molar-refractivity contribution >= 4 is 11.0 Å². The highest BCUT2D eigenvalue weighted by Crippen LogP contribution is 2.32. The first-order valence-electron chi connectivity index (χ1n) is 8.20. The molecule has 0 aliphatic heterocycles. The van der Waals surface area contributed by atoms with E-state index < -0.39 is 0 Å². The number of para-hydroxylation sites is 1. The number of aromatic nitrogens is 3. The zero-order valence-corrected chi connectivity index (χ0v) is 14.2. The van der Waals surface area contributed by atoms with Crippen LogP contribution in [-0.2, 0) is 13.1 Å². The molecule has 1 atom stereocenters. The molecule has 0 saturated heterocycles. The Morgan fingerprint density at radius 3 is 2.74 bits per heavy atom. The molecule has 0 saturated carbocycles. The summed E-state index contributed by atoms with van der Waals surface area (Å²) in [6.07, 6.45) is 1.61. The number of nitrogens with one attached hydrogen (secondary N) is 1. The topological polar surface area (TPSA) is 55.9 Å². The van der Waals surface area contributed by atoms with Crippen molar-refractivity contribution in [2.24, 2.45) is 5.92 Å². The number of aryl methyl sites for hydroxylation is 2. The van der Waals surface area contributed by atoms with Crippen LogP contribution < -0.4 is 5.32 Å². The molecule has 0 fully saturated rings. The van der Waals surface area contributed by atoms with Gasteiger partial charge in [0.1, 0.15) is 23.5 Å². The van der Waals surface area contributed by atoms with E-state index in [1.807, 2.05) is 16.8 Å².